The summed E-state index contributed by atoms with van der Waals surface area (Å²) >= 11 is 0. The van der Waals surface area contributed by atoms with Crippen LogP contribution in [0.3, 0.4) is 0 Å². The van der Waals surface area contributed by atoms with E-state index in [1.54, 1.807) is 21.8 Å². The number of hydrogen-bond donors (Lipinski definition) is 1. The molecular formula is C36H38N8O4. The van der Waals surface area contributed by atoms with E-state index in [-0.39, 0.29) is 0 Å². The Bertz CT molecular complexity index is 1830. The van der Waals surface area contributed by atoms with E-state index in [4.69, 9.17) is 9.47 Å². The molecule has 6 aromatic rings. The van der Waals surface area contributed by atoms with Crippen LogP contribution in [0.2, 0.25) is 0 Å². The zero-order chi connectivity index (χ0) is 33.3. The van der Waals surface area contributed by atoms with Crippen molar-refractivity contribution in [2.75, 3.05) is 20.8 Å². The minimum atomic E-state index is -0.655. The summed E-state index contributed by atoms with van der Waals surface area (Å²) in [6, 6.07) is 26.4. The second-order valence-electron chi connectivity index (χ2n) is 11.7. The monoisotopic (exact) mass is 646 g/mol. The molecule has 0 unspecified atom stereocenters. The van der Waals surface area contributed by atoms with Crippen LogP contribution in [0, 0.1) is 0 Å². The van der Waals surface area contributed by atoms with Crippen LogP contribution in [0.25, 0.3) is 10.9 Å². The first-order chi connectivity index (χ1) is 23.5. The molecule has 48 heavy (non-hydrogen) atoms. The fourth-order valence-corrected chi connectivity index (χ4v) is 5.88. The average Bonchev–Trinajstić information content (AvgIpc) is 3.89. The lowest BCUT2D eigenvalue weighted by molar-refractivity contribution is -0.145. The van der Waals surface area contributed by atoms with E-state index < -0.39 is 24.0 Å². The molecule has 0 aliphatic heterocycles. The summed E-state index contributed by atoms with van der Waals surface area (Å²) in [4.78, 5) is 31.2. The van der Waals surface area contributed by atoms with E-state index >= 15 is 0 Å². The van der Waals surface area contributed by atoms with Crippen molar-refractivity contribution < 1.29 is 19.1 Å². The third kappa shape index (κ3) is 7.84. The van der Waals surface area contributed by atoms with Crippen molar-refractivity contribution in [2.24, 2.45) is 0 Å². The number of nitrogens with zero attached hydrogens (tertiary/aromatic N) is 7. The van der Waals surface area contributed by atoms with Crippen LogP contribution in [0.4, 0.5) is 0 Å². The Kier molecular flexibility index (Phi) is 10.3. The van der Waals surface area contributed by atoms with Gasteiger partial charge in [0, 0.05) is 49.6 Å². The number of benzene rings is 3. The molecular weight excluding hydrogens is 608 g/mol. The number of carbonyl (C=O) groups is 2. The third-order valence-corrected chi connectivity index (χ3v) is 8.39. The molecule has 6 rings (SSSR count). The lowest BCUT2D eigenvalue weighted by Crippen LogP contribution is -2.26. The van der Waals surface area contributed by atoms with Crippen molar-refractivity contribution in [1.82, 2.24) is 39.9 Å². The minimum Gasteiger partial charge on any atom is -0.467 e. The van der Waals surface area contributed by atoms with E-state index in [1.165, 1.54) is 25.2 Å². The number of aromatic amines is 1. The molecule has 2 atom stereocenters. The third-order valence-electron chi connectivity index (χ3n) is 8.39. The second-order valence-corrected chi connectivity index (χ2v) is 11.7. The van der Waals surface area contributed by atoms with Crippen LogP contribution in [0.15, 0.2) is 104 Å². The number of nitrogens with one attached hydrogen (secondary N) is 1. The van der Waals surface area contributed by atoms with Gasteiger partial charge in [-0.1, -0.05) is 89.3 Å². The fourth-order valence-electron chi connectivity index (χ4n) is 5.88. The van der Waals surface area contributed by atoms with Crippen LogP contribution in [0.5, 0.6) is 0 Å². The fraction of sp³-hybridized carbons (Fsp3) is 0.278. The van der Waals surface area contributed by atoms with E-state index in [0.717, 1.165) is 23.1 Å². The number of H-pyrrole nitrogens is 1. The quantitative estimate of drug-likeness (QED) is 0.160. The molecule has 246 valence electrons. The first kappa shape index (κ1) is 32.3. The summed E-state index contributed by atoms with van der Waals surface area (Å²) in [6.07, 6.45) is 7.26. The number of rotatable bonds is 15. The number of methoxy groups -OCH3 is 2. The standard InChI is InChI=1S/C36H38N8O4/c1-47-35(45)33(19-26-11-5-3-6-12-26)43-24-29(38-40-43)22-42(18-17-28-21-37-32-16-10-9-15-31(28)32)23-30-25-44(41-39-30)34(36(46)48-2)20-27-13-7-4-8-14-27/h3-16,21,24-25,33-34,37H,17-20,22-23H2,1-2H3/t33-,34-/m0/s1. The van der Waals surface area contributed by atoms with Crippen molar-refractivity contribution >= 4 is 22.8 Å². The second kappa shape index (κ2) is 15.3. The van der Waals surface area contributed by atoms with Crippen LogP contribution in [-0.2, 0) is 51.4 Å². The predicted octanol–water partition coefficient (Wildman–Crippen LogP) is 4.51. The Morgan fingerprint density at radius 1 is 0.729 bits per heavy atom. The van der Waals surface area contributed by atoms with Gasteiger partial charge < -0.3 is 14.5 Å². The Morgan fingerprint density at radius 3 is 1.75 bits per heavy atom. The molecule has 0 amide bonds. The Labute approximate surface area is 278 Å². The normalized spacial score (nSPS) is 12.6. The van der Waals surface area contributed by atoms with E-state index in [1.807, 2.05) is 79.0 Å². The summed E-state index contributed by atoms with van der Waals surface area (Å²) in [5.74, 6) is -0.780. The van der Waals surface area contributed by atoms with Gasteiger partial charge >= 0.3 is 11.9 Å². The van der Waals surface area contributed by atoms with Crippen LogP contribution in [-0.4, -0.2) is 72.6 Å². The highest BCUT2D eigenvalue weighted by Gasteiger charge is 2.26. The topological polar surface area (TPSA) is 133 Å². The summed E-state index contributed by atoms with van der Waals surface area (Å²) in [5.41, 5.74) is 5.66. The lowest BCUT2D eigenvalue weighted by Gasteiger charge is -2.20. The number of para-hydroxylation sites is 1. The zero-order valence-corrected chi connectivity index (χ0v) is 27.0. The van der Waals surface area contributed by atoms with Crippen LogP contribution in [0.1, 0.15) is 40.2 Å². The molecule has 0 saturated heterocycles. The highest BCUT2D eigenvalue weighted by molar-refractivity contribution is 5.83. The van der Waals surface area contributed by atoms with Gasteiger partial charge in [-0.3, -0.25) is 4.90 Å². The summed E-state index contributed by atoms with van der Waals surface area (Å²) < 4.78 is 13.4. The van der Waals surface area contributed by atoms with Crippen molar-refractivity contribution in [3.8, 4) is 0 Å². The number of esters is 2. The summed E-state index contributed by atoms with van der Waals surface area (Å²) in [5, 5.41) is 18.7. The highest BCUT2D eigenvalue weighted by atomic mass is 16.5. The maximum Gasteiger partial charge on any atom is 0.331 e. The molecule has 0 aliphatic rings. The Hall–Kier alpha value is -5.62. The number of carbonyl (C=O) groups excluding carboxylic acids is 2. The van der Waals surface area contributed by atoms with Crippen molar-refractivity contribution in [3.05, 3.63) is 132 Å². The smallest absolute Gasteiger partial charge is 0.331 e. The number of hydrogen-bond acceptors (Lipinski definition) is 9. The molecule has 1 N–H and O–H groups in total. The van der Waals surface area contributed by atoms with E-state index in [9.17, 15) is 9.59 Å². The minimum absolute atomic E-state index is 0.390. The molecule has 3 heterocycles. The van der Waals surface area contributed by atoms with Gasteiger partial charge in [0.2, 0.25) is 0 Å². The predicted molar refractivity (Wildman–Crippen MR) is 179 cm³/mol. The van der Waals surface area contributed by atoms with Crippen molar-refractivity contribution in [2.45, 2.75) is 44.4 Å². The first-order valence-corrected chi connectivity index (χ1v) is 15.8. The van der Waals surface area contributed by atoms with Gasteiger partial charge in [0.25, 0.3) is 0 Å². The van der Waals surface area contributed by atoms with E-state index in [2.05, 4.69) is 42.6 Å². The maximum absolute atomic E-state index is 12.8. The molecule has 0 fully saturated rings. The van der Waals surface area contributed by atoms with Crippen molar-refractivity contribution in [3.63, 3.8) is 0 Å². The van der Waals surface area contributed by atoms with E-state index in [0.29, 0.717) is 43.9 Å². The van der Waals surface area contributed by atoms with Gasteiger partial charge in [-0.2, -0.15) is 0 Å². The SMILES string of the molecule is COC(=O)[C@H](Cc1ccccc1)n1cc(CN(CCc2c[nH]c3ccccc23)Cc2cn([C@@H](Cc3ccccc3)C(=O)OC)nn2)nn1. The molecule has 0 radical (unpaired) electrons. The summed E-state index contributed by atoms with van der Waals surface area (Å²) in [6.45, 7) is 1.56. The Morgan fingerprint density at radius 2 is 1.23 bits per heavy atom. The largest absolute Gasteiger partial charge is 0.467 e. The van der Waals surface area contributed by atoms with Crippen LogP contribution >= 0.6 is 0 Å². The van der Waals surface area contributed by atoms with Crippen LogP contribution < -0.4 is 0 Å². The summed E-state index contributed by atoms with van der Waals surface area (Å²) in [7, 11) is 2.75. The maximum atomic E-state index is 12.8. The number of fused-ring (bicyclic) bond motifs is 1. The lowest BCUT2D eigenvalue weighted by atomic mass is 10.1. The van der Waals surface area contributed by atoms with Crippen molar-refractivity contribution in [1.29, 1.82) is 0 Å². The molecule has 3 aromatic carbocycles. The highest BCUT2D eigenvalue weighted by Crippen LogP contribution is 2.21. The molecule has 0 saturated carbocycles. The molecule has 0 spiro atoms. The van der Waals surface area contributed by atoms with Gasteiger partial charge in [-0.25, -0.2) is 19.0 Å². The van der Waals surface area contributed by atoms with Gasteiger partial charge in [0.1, 0.15) is 0 Å². The van der Waals surface area contributed by atoms with Gasteiger partial charge in [0.05, 0.1) is 38.0 Å². The number of ether oxygens (including phenoxy) is 2. The average molecular weight is 647 g/mol. The number of aromatic nitrogens is 7. The van der Waals surface area contributed by atoms with Gasteiger partial charge in [-0.05, 0) is 29.2 Å². The zero-order valence-electron chi connectivity index (χ0n) is 27.0. The molecule has 0 bridgehead atoms. The molecule has 3 aromatic heterocycles. The van der Waals surface area contributed by atoms with Gasteiger partial charge in [0.15, 0.2) is 12.1 Å². The van der Waals surface area contributed by atoms with Gasteiger partial charge in [-0.15, -0.1) is 10.2 Å². The molecule has 12 nitrogen and oxygen atoms in total. The molecule has 12 heteroatoms. The molecule has 0 aliphatic carbocycles. The Balaban J connectivity index is 1.23. The first-order valence-electron chi connectivity index (χ1n) is 15.8.